The Kier molecular flexibility index (Phi) is 3.91. The third-order valence-corrected chi connectivity index (χ3v) is 2.21. The van der Waals surface area contributed by atoms with Crippen LogP contribution in [0.15, 0.2) is 24.3 Å². The molecule has 0 aromatic heterocycles. The molecular weight excluding hydrogens is 217 g/mol. The Morgan fingerprint density at radius 2 is 1.81 bits per heavy atom. The van der Waals surface area contributed by atoms with Crippen LogP contribution in [-0.2, 0) is 0 Å². The Morgan fingerprint density at radius 3 is 2.25 bits per heavy atom. The van der Waals surface area contributed by atoms with Crippen LogP contribution < -0.4 is 5.73 Å². The van der Waals surface area contributed by atoms with Gasteiger partial charge >= 0.3 is 6.18 Å². The van der Waals surface area contributed by atoms with Crippen molar-refractivity contribution in [3.63, 3.8) is 0 Å². The third kappa shape index (κ3) is 3.91. The van der Waals surface area contributed by atoms with Gasteiger partial charge in [-0.05, 0) is 24.1 Å². The minimum absolute atomic E-state index is 0.143. The zero-order valence-corrected chi connectivity index (χ0v) is 8.46. The van der Waals surface area contributed by atoms with Gasteiger partial charge in [0.25, 0.3) is 0 Å². The van der Waals surface area contributed by atoms with Crippen molar-refractivity contribution >= 4 is 0 Å². The summed E-state index contributed by atoms with van der Waals surface area (Å²) < 4.78 is 35.9. The summed E-state index contributed by atoms with van der Waals surface area (Å²) in [7, 11) is 0. The van der Waals surface area contributed by atoms with Gasteiger partial charge in [-0.15, -0.1) is 0 Å². The maximum Gasteiger partial charge on any atom is 0.389 e. The maximum atomic E-state index is 12.0. The van der Waals surface area contributed by atoms with Crippen LogP contribution in [0.1, 0.15) is 30.0 Å². The number of benzene rings is 1. The van der Waals surface area contributed by atoms with E-state index in [1.807, 2.05) is 6.07 Å². The largest absolute Gasteiger partial charge is 0.389 e. The lowest BCUT2D eigenvalue weighted by Crippen LogP contribution is -2.15. The van der Waals surface area contributed by atoms with Gasteiger partial charge in [0, 0.05) is 12.5 Å². The molecule has 0 spiro atoms. The predicted octanol–water partition coefficient (Wildman–Crippen LogP) is 2.90. The van der Waals surface area contributed by atoms with Crippen molar-refractivity contribution in [2.45, 2.75) is 25.1 Å². The van der Waals surface area contributed by atoms with Crippen LogP contribution in [0.4, 0.5) is 13.2 Å². The zero-order valence-electron chi connectivity index (χ0n) is 8.46. The van der Waals surface area contributed by atoms with E-state index in [1.165, 1.54) is 0 Å². The van der Waals surface area contributed by atoms with Gasteiger partial charge in [0.15, 0.2) is 0 Å². The summed E-state index contributed by atoms with van der Waals surface area (Å²) in [6, 6.07) is 7.54. The predicted molar refractivity (Wildman–Crippen MR) is 53.4 cm³/mol. The molecule has 0 amide bonds. The van der Waals surface area contributed by atoms with E-state index in [0.29, 0.717) is 11.1 Å². The third-order valence-electron chi connectivity index (χ3n) is 2.21. The lowest BCUT2D eigenvalue weighted by atomic mass is 10.0. The number of nitrogens with zero attached hydrogens (tertiary/aromatic N) is 1. The highest BCUT2D eigenvalue weighted by molar-refractivity contribution is 5.32. The van der Waals surface area contributed by atoms with Crippen molar-refractivity contribution in [3.05, 3.63) is 35.4 Å². The normalized spacial score (nSPS) is 13.2. The Balaban J connectivity index is 2.60. The van der Waals surface area contributed by atoms with Gasteiger partial charge in [0.2, 0.25) is 0 Å². The smallest absolute Gasteiger partial charge is 0.324 e. The van der Waals surface area contributed by atoms with Crippen molar-refractivity contribution in [1.29, 1.82) is 5.26 Å². The molecule has 0 heterocycles. The molecule has 0 bridgehead atoms. The van der Waals surface area contributed by atoms with E-state index in [0.717, 1.165) is 0 Å². The Hall–Kier alpha value is -1.54. The van der Waals surface area contributed by atoms with E-state index in [2.05, 4.69) is 0 Å². The minimum Gasteiger partial charge on any atom is -0.324 e. The van der Waals surface area contributed by atoms with E-state index in [-0.39, 0.29) is 6.42 Å². The first-order valence-corrected chi connectivity index (χ1v) is 4.75. The summed E-state index contributed by atoms with van der Waals surface area (Å²) in [5.41, 5.74) is 6.69. The summed E-state index contributed by atoms with van der Waals surface area (Å²) in [5.74, 6) is 0. The molecule has 0 unspecified atom stereocenters. The van der Waals surface area contributed by atoms with E-state index >= 15 is 0 Å². The molecule has 86 valence electrons. The van der Waals surface area contributed by atoms with E-state index < -0.39 is 18.6 Å². The average Bonchev–Trinajstić information content (AvgIpc) is 2.25. The highest BCUT2D eigenvalue weighted by Gasteiger charge is 2.27. The molecule has 0 aliphatic carbocycles. The summed E-state index contributed by atoms with van der Waals surface area (Å²) >= 11 is 0. The van der Waals surface area contributed by atoms with Crippen LogP contribution in [0.5, 0.6) is 0 Å². The van der Waals surface area contributed by atoms with Crippen molar-refractivity contribution in [3.8, 4) is 6.07 Å². The van der Waals surface area contributed by atoms with E-state index in [9.17, 15) is 13.2 Å². The first-order chi connectivity index (χ1) is 7.42. The van der Waals surface area contributed by atoms with Crippen molar-refractivity contribution < 1.29 is 13.2 Å². The summed E-state index contributed by atoms with van der Waals surface area (Å²) in [4.78, 5) is 0. The standard InChI is InChI=1S/C11H11F3N2/c12-11(13,14)6-5-10(16)9-3-1-8(7-15)2-4-9/h1-4,10H,5-6,16H2/t10-/m1/s1. The molecule has 0 radical (unpaired) electrons. The molecule has 0 saturated carbocycles. The quantitative estimate of drug-likeness (QED) is 0.864. The lowest BCUT2D eigenvalue weighted by Gasteiger charge is -2.13. The zero-order chi connectivity index (χ0) is 12.2. The van der Waals surface area contributed by atoms with Crippen LogP contribution in [0.2, 0.25) is 0 Å². The monoisotopic (exact) mass is 228 g/mol. The van der Waals surface area contributed by atoms with Crippen LogP contribution in [0.25, 0.3) is 0 Å². The number of halogens is 3. The van der Waals surface area contributed by atoms with Crippen LogP contribution in [0.3, 0.4) is 0 Å². The number of nitriles is 1. The second kappa shape index (κ2) is 4.99. The van der Waals surface area contributed by atoms with Crippen LogP contribution in [0, 0.1) is 11.3 Å². The SMILES string of the molecule is N#Cc1ccc([C@H](N)CCC(F)(F)F)cc1. The van der Waals surface area contributed by atoms with Gasteiger partial charge in [0.05, 0.1) is 11.6 Å². The first-order valence-electron chi connectivity index (χ1n) is 4.75. The Morgan fingerprint density at radius 1 is 1.25 bits per heavy atom. The first kappa shape index (κ1) is 12.5. The molecule has 2 N–H and O–H groups in total. The van der Waals surface area contributed by atoms with Gasteiger partial charge in [-0.3, -0.25) is 0 Å². The molecule has 0 aliphatic heterocycles. The maximum absolute atomic E-state index is 12.0. The van der Waals surface area contributed by atoms with Gasteiger partial charge in [0.1, 0.15) is 0 Å². The number of nitrogens with two attached hydrogens (primary N) is 1. The van der Waals surface area contributed by atoms with Crippen LogP contribution in [-0.4, -0.2) is 6.18 Å². The van der Waals surface area contributed by atoms with Crippen LogP contribution >= 0.6 is 0 Å². The highest BCUT2D eigenvalue weighted by Crippen LogP contribution is 2.26. The van der Waals surface area contributed by atoms with E-state index in [4.69, 9.17) is 11.0 Å². The fourth-order valence-electron chi connectivity index (χ4n) is 1.29. The summed E-state index contributed by atoms with van der Waals surface area (Å²) in [6.07, 6.45) is -5.21. The minimum atomic E-state index is -4.18. The second-order valence-corrected chi connectivity index (χ2v) is 3.49. The summed E-state index contributed by atoms with van der Waals surface area (Å²) in [6.45, 7) is 0. The van der Waals surface area contributed by atoms with Gasteiger partial charge in [-0.25, -0.2) is 0 Å². The van der Waals surface area contributed by atoms with E-state index in [1.54, 1.807) is 24.3 Å². The highest BCUT2D eigenvalue weighted by atomic mass is 19.4. The van der Waals surface area contributed by atoms with Gasteiger partial charge < -0.3 is 5.73 Å². The molecule has 0 saturated heterocycles. The second-order valence-electron chi connectivity index (χ2n) is 3.49. The van der Waals surface area contributed by atoms with Crippen molar-refractivity contribution in [2.24, 2.45) is 5.73 Å². The topological polar surface area (TPSA) is 49.8 Å². The number of hydrogen-bond donors (Lipinski definition) is 1. The lowest BCUT2D eigenvalue weighted by molar-refractivity contribution is -0.136. The molecule has 16 heavy (non-hydrogen) atoms. The molecule has 1 aromatic carbocycles. The number of alkyl halides is 3. The molecule has 5 heteroatoms. The molecule has 0 fully saturated rings. The molecule has 1 aromatic rings. The average molecular weight is 228 g/mol. The van der Waals surface area contributed by atoms with Gasteiger partial charge in [-0.2, -0.15) is 18.4 Å². The van der Waals surface area contributed by atoms with Crippen molar-refractivity contribution in [2.75, 3.05) is 0 Å². The molecular formula is C11H11F3N2. The molecule has 1 rings (SSSR count). The molecule has 0 aliphatic rings. The molecule has 1 atom stereocenters. The fourth-order valence-corrected chi connectivity index (χ4v) is 1.29. The fraction of sp³-hybridized carbons (Fsp3) is 0.364. The molecule has 2 nitrogen and oxygen atoms in total. The Bertz CT molecular complexity index is 376. The number of hydrogen-bond acceptors (Lipinski definition) is 2. The Labute approximate surface area is 91.5 Å². The van der Waals surface area contributed by atoms with Gasteiger partial charge in [-0.1, -0.05) is 12.1 Å². The summed E-state index contributed by atoms with van der Waals surface area (Å²) in [5, 5.41) is 8.55. The number of rotatable bonds is 3. The van der Waals surface area contributed by atoms with Crippen molar-refractivity contribution in [1.82, 2.24) is 0 Å².